The maximum atomic E-state index is 5.34. The third kappa shape index (κ3) is 6.47. The molecule has 0 aromatic heterocycles. The van der Waals surface area contributed by atoms with Crippen LogP contribution in [0.2, 0.25) is 0 Å². The van der Waals surface area contributed by atoms with Crippen molar-refractivity contribution in [2.75, 3.05) is 19.9 Å². The molecule has 62 valence electrons. The minimum atomic E-state index is -0.592. The second-order valence-electron chi connectivity index (χ2n) is 2.11. The topological polar surface area (TPSA) is 18.5 Å². The van der Waals surface area contributed by atoms with E-state index in [-0.39, 0.29) is 0 Å². The molecule has 0 rings (SSSR count). The van der Waals surface area contributed by atoms with Crippen LogP contribution in [-0.2, 0) is 9.05 Å². The highest BCUT2D eigenvalue weighted by atomic mass is 31.2. The molecule has 0 spiro atoms. The van der Waals surface area contributed by atoms with Crippen molar-refractivity contribution in [1.82, 2.24) is 0 Å². The summed E-state index contributed by atoms with van der Waals surface area (Å²) in [5.74, 6) is 0. The van der Waals surface area contributed by atoms with Crippen LogP contribution in [0.15, 0.2) is 0 Å². The van der Waals surface area contributed by atoms with Crippen molar-refractivity contribution < 1.29 is 9.05 Å². The summed E-state index contributed by atoms with van der Waals surface area (Å²) in [4.78, 5) is 0. The minimum Gasteiger partial charge on any atom is -0.334 e. The van der Waals surface area contributed by atoms with Crippen molar-refractivity contribution in [1.29, 1.82) is 0 Å². The summed E-state index contributed by atoms with van der Waals surface area (Å²) in [5, 5.41) is 0. The normalized spacial score (nSPS) is 10.8. The third-order valence-electron chi connectivity index (χ3n) is 0.954. The Kier molecular flexibility index (Phi) is 7.72. The number of hydrogen-bond acceptors (Lipinski definition) is 2. The van der Waals surface area contributed by atoms with Gasteiger partial charge in [-0.15, -0.1) is 0 Å². The lowest BCUT2D eigenvalue weighted by atomic mass is 10.5. The summed E-state index contributed by atoms with van der Waals surface area (Å²) < 4.78 is 10.7. The average molecular weight is 164 g/mol. The van der Waals surface area contributed by atoms with E-state index in [1.165, 1.54) is 0 Å². The summed E-state index contributed by atoms with van der Waals surface area (Å²) >= 11 is 0. The first-order chi connectivity index (χ1) is 4.81. The van der Waals surface area contributed by atoms with Gasteiger partial charge in [-0.05, 0) is 12.8 Å². The van der Waals surface area contributed by atoms with Crippen LogP contribution in [0, 0.1) is 0 Å². The Balaban J connectivity index is 3.00. The molecule has 10 heavy (non-hydrogen) atoms. The molecule has 3 heteroatoms. The second-order valence-corrected chi connectivity index (χ2v) is 3.50. The molecule has 0 heterocycles. The van der Waals surface area contributed by atoms with Crippen LogP contribution >= 0.6 is 8.38 Å². The zero-order valence-electron chi connectivity index (χ0n) is 7.09. The Labute approximate surface area is 64.8 Å². The van der Waals surface area contributed by atoms with Gasteiger partial charge in [-0.3, -0.25) is 0 Å². The number of rotatable bonds is 6. The fraction of sp³-hybridized carbons (Fsp3) is 1.00. The van der Waals surface area contributed by atoms with E-state index in [1.54, 1.807) is 0 Å². The van der Waals surface area contributed by atoms with Gasteiger partial charge < -0.3 is 9.05 Å². The molecule has 0 aliphatic heterocycles. The highest BCUT2D eigenvalue weighted by molar-refractivity contribution is 7.46. The van der Waals surface area contributed by atoms with Gasteiger partial charge in [0.15, 0.2) is 8.38 Å². The van der Waals surface area contributed by atoms with Crippen molar-refractivity contribution in [2.45, 2.75) is 26.7 Å². The first-order valence-corrected chi connectivity index (χ1v) is 5.43. The molecule has 0 saturated heterocycles. The van der Waals surface area contributed by atoms with Gasteiger partial charge in [0.2, 0.25) is 0 Å². The van der Waals surface area contributed by atoms with Crippen molar-refractivity contribution in [2.24, 2.45) is 0 Å². The molecule has 0 aliphatic carbocycles. The molecule has 0 N–H and O–H groups in total. The van der Waals surface area contributed by atoms with Gasteiger partial charge in [-0.2, -0.15) is 0 Å². The molecule has 0 amide bonds. The molecular weight excluding hydrogens is 147 g/mol. The van der Waals surface area contributed by atoms with E-state index in [0.717, 1.165) is 26.1 Å². The van der Waals surface area contributed by atoms with Crippen LogP contribution in [0.5, 0.6) is 0 Å². The molecule has 0 bridgehead atoms. The lowest BCUT2D eigenvalue weighted by Gasteiger charge is -2.10. The van der Waals surface area contributed by atoms with Crippen LogP contribution in [-0.4, -0.2) is 19.9 Å². The van der Waals surface area contributed by atoms with E-state index >= 15 is 0 Å². The zero-order valence-corrected chi connectivity index (χ0v) is 7.99. The van der Waals surface area contributed by atoms with Gasteiger partial charge in [0, 0.05) is 6.66 Å². The second kappa shape index (κ2) is 7.46. The standard InChI is InChI=1S/C7H17O2P/c1-4-6-8-10(3)9-7-5-2/h4-7H2,1-3H3. The Morgan fingerprint density at radius 3 is 1.70 bits per heavy atom. The first kappa shape index (κ1) is 10.3. The summed E-state index contributed by atoms with van der Waals surface area (Å²) in [6.45, 7) is 7.85. The average Bonchev–Trinajstić information content (AvgIpc) is 1.97. The smallest absolute Gasteiger partial charge is 0.167 e. The maximum Gasteiger partial charge on any atom is 0.167 e. The lowest BCUT2D eigenvalue weighted by molar-refractivity contribution is 0.253. The van der Waals surface area contributed by atoms with E-state index < -0.39 is 8.38 Å². The van der Waals surface area contributed by atoms with Gasteiger partial charge in [0.05, 0.1) is 13.2 Å². The highest BCUT2D eigenvalue weighted by Crippen LogP contribution is 2.33. The molecular formula is C7H17O2P. The Bertz CT molecular complexity index is 60.6. The molecule has 0 aromatic rings. The SMILES string of the molecule is CCCOP(C)OCCC. The third-order valence-corrected chi connectivity index (χ3v) is 2.05. The van der Waals surface area contributed by atoms with Crippen LogP contribution < -0.4 is 0 Å². The minimum absolute atomic E-state index is 0.592. The van der Waals surface area contributed by atoms with Crippen LogP contribution in [0.3, 0.4) is 0 Å². The van der Waals surface area contributed by atoms with Gasteiger partial charge >= 0.3 is 0 Å². The van der Waals surface area contributed by atoms with Gasteiger partial charge in [0.25, 0.3) is 0 Å². The molecule has 2 nitrogen and oxygen atoms in total. The van der Waals surface area contributed by atoms with Gasteiger partial charge in [-0.25, -0.2) is 0 Å². The summed E-state index contributed by atoms with van der Waals surface area (Å²) in [5.41, 5.74) is 0. The molecule has 0 radical (unpaired) electrons. The van der Waals surface area contributed by atoms with Crippen molar-refractivity contribution in [3.8, 4) is 0 Å². The number of hydrogen-bond donors (Lipinski definition) is 0. The van der Waals surface area contributed by atoms with E-state index in [2.05, 4.69) is 13.8 Å². The summed E-state index contributed by atoms with van der Waals surface area (Å²) in [6, 6.07) is 0. The molecule has 0 atom stereocenters. The van der Waals surface area contributed by atoms with E-state index in [0.29, 0.717) is 0 Å². The van der Waals surface area contributed by atoms with E-state index in [4.69, 9.17) is 9.05 Å². The molecule has 0 aliphatic rings. The van der Waals surface area contributed by atoms with Crippen LogP contribution in [0.25, 0.3) is 0 Å². The quantitative estimate of drug-likeness (QED) is 0.562. The zero-order chi connectivity index (χ0) is 7.82. The first-order valence-electron chi connectivity index (χ1n) is 3.80. The van der Waals surface area contributed by atoms with Gasteiger partial charge in [-0.1, -0.05) is 13.8 Å². The van der Waals surface area contributed by atoms with E-state index in [9.17, 15) is 0 Å². The van der Waals surface area contributed by atoms with E-state index in [1.807, 2.05) is 6.66 Å². The van der Waals surface area contributed by atoms with Gasteiger partial charge in [0.1, 0.15) is 0 Å². The van der Waals surface area contributed by atoms with Crippen LogP contribution in [0.1, 0.15) is 26.7 Å². The lowest BCUT2D eigenvalue weighted by Crippen LogP contribution is -1.91. The predicted octanol–water partition coefficient (Wildman–Crippen LogP) is 2.78. The van der Waals surface area contributed by atoms with Crippen molar-refractivity contribution >= 4 is 8.38 Å². The maximum absolute atomic E-state index is 5.34. The molecule has 0 unspecified atom stereocenters. The molecule has 0 fully saturated rings. The molecule has 0 aromatic carbocycles. The summed E-state index contributed by atoms with van der Waals surface area (Å²) in [6.07, 6.45) is 2.14. The summed E-state index contributed by atoms with van der Waals surface area (Å²) in [7, 11) is -0.592. The highest BCUT2D eigenvalue weighted by Gasteiger charge is 1.99. The van der Waals surface area contributed by atoms with Crippen LogP contribution in [0.4, 0.5) is 0 Å². The fourth-order valence-corrected chi connectivity index (χ4v) is 1.43. The largest absolute Gasteiger partial charge is 0.334 e. The van der Waals surface area contributed by atoms with Crippen molar-refractivity contribution in [3.05, 3.63) is 0 Å². The Hall–Kier alpha value is 0.350. The fourth-order valence-electron chi connectivity index (χ4n) is 0.477. The monoisotopic (exact) mass is 164 g/mol. The Morgan fingerprint density at radius 1 is 1.00 bits per heavy atom. The molecule has 0 saturated carbocycles. The van der Waals surface area contributed by atoms with Crippen molar-refractivity contribution in [3.63, 3.8) is 0 Å². The Morgan fingerprint density at radius 2 is 1.40 bits per heavy atom. The predicted molar refractivity (Wildman–Crippen MR) is 45.3 cm³/mol.